The van der Waals surface area contributed by atoms with Crippen LogP contribution in [0.1, 0.15) is 65.5 Å². The molecule has 0 saturated heterocycles. The molecule has 3 aliphatic carbocycles. The molecule has 6 heteroatoms. The zero-order chi connectivity index (χ0) is 24.5. The first kappa shape index (κ1) is 22.2. The van der Waals surface area contributed by atoms with Crippen molar-refractivity contribution in [1.29, 1.82) is 0 Å². The molecule has 2 bridgehead atoms. The highest BCUT2D eigenvalue weighted by atomic mass is 19.1. The summed E-state index contributed by atoms with van der Waals surface area (Å²) in [6, 6.07) is 8.26. The number of ketones is 1. The number of aromatic nitrogens is 2. The third kappa shape index (κ3) is 3.62. The summed E-state index contributed by atoms with van der Waals surface area (Å²) in [6.07, 6.45) is 7.65. The SMILES string of the molecule is CC(C)(O)c1ncc(-c2cc3c(cc2F)CC=C2C4CC(=O)c5cccc(F)c5[C@@H](C4)C2C3)cn1. The predicted molar refractivity (Wildman–Crippen MR) is 128 cm³/mol. The van der Waals surface area contributed by atoms with Gasteiger partial charge in [0.2, 0.25) is 0 Å². The van der Waals surface area contributed by atoms with Gasteiger partial charge in [-0.3, -0.25) is 4.79 Å². The topological polar surface area (TPSA) is 63.1 Å². The molecule has 1 aromatic heterocycles. The van der Waals surface area contributed by atoms with Crippen molar-refractivity contribution >= 4 is 5.78 Å². The van der Waals surface area contributed by atoms with Gasteiger partial charge in [-0.05, 0) is 80.2 Å². The number of allylic oxidation sites excluding steroid dienone is 2. The monoisotopic (exact) mass is 472 g/mol. The van der Waals surface area contributed by atoms with Crippen molar-refractivity contribution in [3.05, 3.63) is 94.1 Å². The van der Waals surface area contributed by atoms with Gasteiger partial charge in [0.15, 0.2) is 11.6 Å². The van der Waals surface area contributed by atoms with E-state index in [0.29, 0.717) is 41.5 Å². The lowest BCUT2D eigenvalue weighted by Crippen LogP contribution is -2.19. The number of Topliss-reactive ketones (excluding diaryl/α,β-unsaturated/α-hetero) is 1. The first-order chi connectivity index (χ1) is 16.7. The van der Waals surface area contributed by atoms with Crippen molar-refractivity contribution in [2.45, 2.75) is 51.0 Å². The molecule has 2 unspecified atom stereocenters. The minimum absolute atomic E-state index is 0.0101. The van der Waals surface area contributed by atoms with Crippen LogP contribution < -0.4 is 0 Å². The molecule has 6 rings (SSSR count). The Morgan fingerprint density at radius 1 is 0.971 bits per heavy atom. The molecular weight excluding hydrogens is 446 g/mol. The number of rotatable bonds is 2. The highest BCUT2D eigenvalue weighted by molar-refractivity contribution is 5.98. The second kappa shape index (κ2) is 7.89. The van der Waals surface area contributed by atoms with Crippen LogP contribution in [0.3, 0.4) is 0 Å². The van der Waals surface area contributed by atoms with Crippen molar-refractivity contribution in [2.24, 2.45) is 11.8 Å². The van der Waals surface area contributed by atoms with E-state index in [2.05, 4.69) is 16.0 Å². The maximum absolute atomic E-state index is 15.2. The van der Waals surface area contributed by atoms with Crippen LogP contribution in [0.2, 0.25) is 0 Å². The van der Waals surface area contributed by atoms with Gasteiger partial charge in [0.05, 0.1) is 0 Å². The van der Waals surface area contributed by atoms with Crippen LogP contribution >= 0.6 is 0 Å². The summed E-state index contributed by atoms with van der Waals surface area (Å²) in [5.74, 6) is -0.259. The third-order valence-electron chi connectivity index (χ3n) is 7.88. The van der Waals surface area contributed by atoms with Crippen LogP contribution in [0.25, 0.3) is 11.1 Å². The lowest BCUT2D eigenvalue weighted by molar-refractivity contribution is 0.0687. The number of carbonyl (C=O) groups is 1. The van der Waals surface area contributed by atoms with Crippen LogP contribution in [0.4, 0.5) is 8.78 Å². The molecule has 3 aliphatic rings. The molecule has 4 nitrogen and oxygen atoms in total. The zero-order valence-electron chi connectivity index (χ0n) is 19.7. The lowest BCUT2D eigenvalue weighted by atomic mass is 9.79. The molecule has 2 aromatic carbocycles. The van der Waals surface area contributed by atoms with Crippen LogP contribution in [0.15, 0.2) is 54.4 Å². The van der Waals surface area contributed by atoms with Crippen LogP contribution in [-0.4, -0.2) is 20.9 Å². The van der Waals surface area contributed by atoms with Crippen molar-refractivity contribution in [2.75, 3.05) is 0 Å². The molecule has 3 aromatic rings. The fraction of sp³-hybridized carbons (Fsp3) is 0.345. The average Bonchev–Trinajstić information content (AvgIpc) is 2.93. The second-order valence-electron chi connectivity index (χ2n) is 10.5. The maximum atomic E-state index is 15.2. The average molecular weight is 473 g/mol. The van der Waals surface area contributed by atoms with E-state index >= 15 is 8.78 Å². The normalized spacial score (nSPS) is 23.1. The van der Waals surface area contributed by atoms with Crippen molar-refractivity contribution in [3.63, 3.8) is 0 Å². The third-order valence-corrected chi connectivity index (χ3v) is 7.88. The summed E-state index contributed by atoms with van der Waals surface area (Å²) in [5, 5.41) is 10.1. The molecule has 3 atom stereocenters. The Morgan fingerprint density at radius 3 is 2.49 bits per heavy atom. The van der Waals surface area contributed by atoms with E-state index in [1.165, 1.54) is 24.0 Å². The van der Waals surface area contributed by atoms with E-state index in [-0.39, 0.29) is 41.0 Å². The molecule has 1 N–H and O–H groups in total. The van der Waals surface area contributed by atoms with E-state index < -0.39 is 5.60 Å². The number of aliphatic hydroxyl groups is 1. The number of carbonyl (C=O) groups excluding carboxylic acids is 1. The number of nitrogens with zero attached hydrogens (tertiary/aromatic N) is 2. The van der Waals surface area contributed by atoms with E-state index in [1.807, 2.05) is 6.07 Å². The standard InChI is InChI=1S/C29H26F2N2O2/c1-29(2,35)28-32-13-18(14-33-28)21-8-16-9-22-19(7-6-15(16)11-25(21)31)17-10-23(22)27-20(26(34)12-17)4-3-5-24(27)30/h3-5,7-8,11,13-14,17,22-23,35H,6,9-10,12H2,1-2H3/t17?,22?,23-/m0/s1. The Balaban J connectivity index is 1.41. The summed E-state index contributed by atoms with van der Waals surface area (Å²) < 4.78 is 30.2. The largest absolute Gasteiger partial charge is 0.382 e. The van der Waals surface area contributed by atoms with E-state index in [1.54, 1.807) is 32.0 Å². The highest BCUT2D eigenvalue weighted by Crippen LogP contribution is 2.54. The summed E-state index contributed by atoms with van der Waals surface area (Å²) >= 11 is 0. The molecule has 35 heavy (non-hydrogen) atoms. The van der Waals surface area contributed by atoms with Gasteiger partial charge < -0.3 is 5.11 Å². The number of halogens is 2. The van der Waals surface area contributed by atoms with Crippen molar-refractivity contribution in [1.82, 2.24) is 9.97 Å². The van der Waals surface area contributed by atoms with Gasteiger partial charge in [-0.2, -0.15) is 0 Å². The molecule has 1 heterocycles. The molecule has 0 amide bonds. The lowest BCUT2D eigenvalue weighted by Gasteiger charge is -2.25. The second-order valence-corrected chi connectivity index (χ2v) is 10.5. The molecule has 0 aliphatic heterocycles. The molecule has 1 fully saturated rings. The van der Waals surface area contributed by atoms with Gasteiger partial charge in [0, 0.05) is 41.1 Å². The van der Waals surface area contributed by atoms with Gasteiger partial charge in [0.1, 0.15) is 17.2 Å². The number of hydrogen-bond donors (Lipinski definition) is 1. The number of benzene rings is 2. The zero-order valence-corrected chi connectivity index (χ0v) is 19.7. The van der Waals surface area contributed by atoms with Gasteiger partial charge in [0.25, 0.3) is 0 Å². The number of fused-ring (bicyclic) bond motifs is 8. The molecule has 0 radical (unpaired) electrons. The maximum Gasteiger partial charge on any atom is 0.163 e. The summed E-state index contributed by atoms with van der Waals surface area (Å²) in [5.41, 5.74) is 4.00. The summed E-state index contributed by atoms with van der Waals surface area (Å²) in [7, 11) is 0. The van der Waals surface area contributed by atoms with E-state index in [0.717, 1.165) is 17.5 Å². The molecule has 1 saturated carbocycles. The molecule has 178 valence electrons. The quantitative estimate of drug-likeness (QED) is 0.488. The fourth-order valence-electron chi connectivity index (χ4n) is 6.24. The first-order valence-electron chi connectivity index (χ1n) is 12.1. The summed E-state index contributed by atoms with van der Waals surface area (Å²) in [6.45, 7) is 3.20. The van der Waals surface area contributed by atoms with Gasteiger partial charge >= 0.3 is 0 Å². The predicted octanol–water partition coefficient (Wildman–Crippen LogP) is 5.68. The summed E-state index contributed by atoms with van der Waals surface area (Å²) in [4.78, 5) is 21.4. The molecular formula is C29H26F2N2O2. The number of hydrogen-bond acceptors (Lipinski definition) is 4. The first-order valence-corrected chi connectivity index (χ1v) is 12.1. The van der Waals surface area contributed by atoms with Gasteiger partial charge in [-0.25, -0.2) is 18.7 Å². The van der Waals surface area contributed by atoms with Crippen LogP contribution in [0.5, 0.6) is 0 Å². The Bertz CT molecular complexity index is 1390. The van der Waals surface area contributed by atoms with E-state index in [9.17, 15) is 9.90 Å². The smallest absolute Gasteiger partial charge is 0.163 e. The van der Waals surface area contributed by atoms with Crippen LogP contribution in [-0.2, 0) is 18.4 Å². The van der Waals surface area contributed by atoms with Crippen LogP contribution in [0, 0.1) is 23.5 Å². The Labute approximate surface area is 202 Å². The van der Waals surface area contributed by atoms with E-state index in [4.69, 9.17) is 0 Å². The van der Waals surface area contributed by atoms with Crippen molar-refractivity contribution in [3.8, 4) is 11.1 Å². The Morgan fingerprint density at radius 2 is 1.74 bits per heavy atom. The highest BCUT2D eigenvalue weighted by Gasteiger charge is 2.45. The van der Waals surface area contributed by atoms with Crippen molar-refractivity contribution < 1.29 is 18.7 Å². The fourth-order valence-corrected chi connectivity index (χ4v) is 6.24. The minimum atomic E-state index is -1.18. The van der Waals surface area contributed by atoms with Gasteiger partial charge in [-0.15, -0.1) is 0 Å². The molecule has 0 spiro atoms. The Hall–Kier alpha value is -3.25. The van der Waals surface area contributed by atoms with Gasteiger partial charge in [-0.1, -0.05) is 23.8 Å². The minimum Gasteiger partial charge on any atom is -0.382 e. The Kier molecular flexibility index (Phi) is 5.01.